The van der Waals surface area contributed by atoms with Gasteiger partial charge in [-0.15, -0.1) is 11.3 Å². The number of thiophene rings is 1. The van der Waals surface area contributed by atoms with Gasteiger partial charge in [0.25, 0.3) is 0 Å². The number of hydrogen-bond acceptors (Lipinski definition) is 6. The quantitative estimate of drug-likeness (QED) is 0.783. The number of carbonyl (C=O) groups is 2. The molecule has 18 heavy (non-hydrogen) atoms. The number of ether oxygens (including phenoxy) is 1. The van der Waals surface area contributed by atoms with Crippen LogP contribution >= 0.6 is 11.3 Å². The second kappa shape index (κ2) is 5.96. The van der Waals surface area contributed by atoms with Gasteiger partial charge in [-0.2, -0.15) is 0 Å². The Bertz CT molecular complexity index is 520. The SMILES string of the molecule is COC(=O)C(CS(=O)(=O)c1cccs1)NC(C)=O. The van der Waals surface area contributed by atoms with Crippen molar-refractivity contribution < 1.29 is 22.7 Å². The molecule has 0 spiro atoms. The van der Waals surface area contributed by atoms with Crippen molar-refractivity contribution in [3.05, 3.63) is 17.5 Å². The minimum absolute atomic E-state index is 0.154. The van der Waals surface area contributed by atoms with Gasteiger partial charge in [-0.05, 0) is 11.4 Å². The van der Waals surface area contributed by atoms with Crippen molar-refractivity contribution in [2.24, 2.45) is 0 Å². The summed E-state index contributed by atoms with van der Waals surface area (Å²) in [7, 11) is -2.48. The van der Waals surface area contributed by atoms with Crippen LogP contribution in [0.15, 0.2) is 21.7 Å². The lowest BCUT2D eigenvalue weighted by Gasteiger charge is -2.14. The molecular formula is C10H13NO5S2. The van der Waals surface area contributed by atoms with E-state index in [-0.39, 0.29) is 4.21 Å². The Labute approximate surface area is 109 Å². The van der Waals surface area contributed by atoms with Gasteiger partial charge in [0.05, 0.1) is 12.9 Å². The zero-order valence-corrected chi connectivity index (χ0v) is 11.5. The molecule has 1 rings (SSSR count). The van der Waals surface area contributed by atoms with E-state index in [1.807, 2.05) is 0 Å². The number of hydrogen-bond donors (Lipinski definition) is 1. The van der Waals surface area contributed by atoms with Gasteiger partial charge in [-0.25, -0.2) is 13.2 Å². The molecule has 6 nitrogen and oxygen atoms in total. The van der Waals surface area contributed by atoms with Crippen molar-refractivity contribution in [2.45, 2.75) is 17.2 Å². The van der Waals surface area contributed by atoms with Gasteiger partial charge in [-0.1, -0.05) is 6.07 Å². The maximum Gasteiger partial charge on any atom is 0.329 e. The van der Waals surface area contributed by atoms with Crippen molar-refractivity contribution in [3.63, 3.8) is 0 Å². The van der Waals surface area contributed by atoms with E-state index in [9.17, 15) is 18.0 Å². The van der Waals surface area contributed by atoms with E-state index in [4.69, 9.17) is 0 Å². The maximum atomic E-state index is 12.0. The second-order valence-electron chi connectivity index (χ2n) is 3.49. The Kier molecular flexibility index (Phi) is 4.85. The molecule has 0 fully saturated rings. The Balaban J connectivity index is 2.90. The highest BCUT2D eigenvalue weighted by Crippen LogP contribution is 2.18. The standard InChI is InChI=1S/C10H13NO5S2/c1-7(12)11-8(10(13)16-2)6-18(14,15)9-4-3-5-17-9/h3-5,8H,6H2,1-2H3,(H,11,12). The normalized spacial score (nSPS) is 12.8. The number of methoxy groups -OCH3 is 1. The molecule has 0 radical (unpaired) electrons. The van der Waals surface area contributed by atoms with Gasteiger partial charge in [0.1, 0.15) is 10.3 Å². The predicted molar refractivity (Wildman–Crippen MR) is 66.0 cm³/mol. The van der Waals surface area contributed by atoms with Crippen molar-refractivity contribution >= 4 is 33.1 Å². The molecule has 1 unspecified atom stereocenters. The highest BCUT2D eigenvalue weighted by atomic mass is 32.2. The van der Waals surface area contributed by atoms with Crippen LogP contribution in [-0.4, -0.2) is 39.2 Å². The summed E-state index contributed by atoms with van der Waals surface area (Å²) in [5.41, 5.74) is 0. The first kappa shape index (κ1) is 14.7. The molecule has 0 bridgehead atoms. The summed E-state index contributed by atoms with van der Waals surface area (Å²) in [5, 5.41) is 3.88. The van der Waals surface area contributed by atoms with Crippen LogP contribution < -0.4 is 5.32 Å². The van der Waals surface area contributed by atoms with Crippen molar-refractivity contribution in [1.82, 2.24) is 5.32 Å². The van der Waals surface area contributed by atoms with Crippen molar-refractivity contribution in [2.75, 3.05) is 12.9 Å². The summed E-state index contributed by atoms with van der Waals surface area (Å²) in [4.78, 5) is 22.3. The second-order valence-corrected chi connectivity index (χ2v) is 6.70. The van der Waals surface area contributed by atoms with Crippen LogP contribution in [0.5, 0.6) is 0 Å². The summed E-state index contributed by atoms with van der Waals surface area (Å²) >= 11 is 1.06. The van der Waals surface area contributed by atoms with E-state index in [1.165, 1.54) is 13.0 Å². The Morgan fingerprint density at radius 3 is 2.61 bits per heavy atom. The van der Waals surface area contributed by atoms with Crippen molar-refractivity contribution in [1.29, 1.82) is 0 Å². The molecule has 1 aromatic rings. The lowest BCUT2D eigenvalue weighted by atomic mass is 10.3. The molecular weight excluding hydrogens is 278 g/mol. The molecule has 8 heteroatoms. The van der Waals surface area contributed by atoms with Gasteiger partial charge in [0.2, 0.25) is 5.91 Å². The first-order chi connectivity index (χ1) is 8.36. The third kappa shape index (κ3) is 3.81. The van der Waals surface area contributed by atoms with E-state index < -0.39 is 33.5 Å². The number of amides is 1. The Hall–Kier alpha value is -1.41. The minimum atomic E-state index is -3.61. The fourth-order valence-electron chi connectivity index (χ4n) is 1.30. The number of rotatable bonds is 5. The predicted octanol–water partition coefficient (Wildman–Crippen LogP) is 0.199. The Morgan fingerprint density at radius 1 is 1.50 bits per heavy atom. The van der Waals surface area contributed by atoms with Crippen LogP contribution in [0.2, 0.25) is 0 Å². The molecule has 0 saturated carbocycles. The molecule has 0 saturated heterocycles. The van der Waals surface area contributed by atoms with Crippen LogP contribution in [0, 0.1) is 0 Å². The smallest absolute Gasteiger partial charge is 0.329 e. The number of carbonyl (C=O) groups excluding carboxylic acids is 2. The van der Waals surface area contributed by atoms with Crippen LogP contribution in [0.1, 0.15) is 6.92 Å². The van der Waals surface area contributed by atoms with Gasteiger partial charge in [-0.3, -0.25) is 4.79 Å². The molecule has 0 aromatic carbocycles. The largest absolute Gasteiger partial charge is 0.467 e. The lowest BCUT2D eigenvalue weighted by Crippen LogP contribution is -2.45. The minimum Gasteiger partial charge on any atom is -0.467 e. The van der Waals surface area contributed by atoms with Crippen LogP contribution in [0.25, 0.3) is 0 Å². The fraction of sp³-hybridized carbons (Fsp3) is 0.400. The molecule has 1 N–H and O–H groups in total. The monoisotopic (exact) mass is 291 g/mol. The number of esters is 1. The van der Waals surface area contributed by atoms with Crippen LogP contribution in [-0.2, 0) is 24.2 Å². The van der Waals surface area contributed by atoms with E-state index in [2.05, 4.69) is 10.1 Å². The summed E-state index contributed by atoms with van der Waals surface area (Å²) < 4.78 is 28.5. The molecule has 1 amide bonds. The van der Waals surface area contributed by atoms with Gasteiger partial charge < -0.3 is 10.1 Å². The topological polar surface area (TPSA) is 89.5 Å². The molecule has 0 aliphatic carbocycles. The summed E-state index contributed by atoms with van der Waals surface area (Å²) in [6.07, 6.45) is 0. The zero-order valence-electron chi connectivity index (χ0n) is 9.87. The van der Waals surface area contributed by atoms with E-state index >= 15 is 0 Å². The Morgan fingerprint density at radius 2 is 2.17 bits per heavy atom. The van der Waals surface area contributed by atoms with E-state index in [1.54, 1.807) is 11.4 Å². The summed E-state index contributed by atoms with van der Waals surface area (Å²) in [6, 6.07) is 1.85. The third-order valence-corrected chi connectivity index (χ3v) is 5.28. The van der Waals surface area contributed by atoms with Crippen molar-refractivity contribution in [3.8, 4) is 0 Å². The lowest BCUT2D eigenvalue weighted by molar-refractivity contribution is -0.144. The average molecular weight is 291 g/mol. The van der Waals surface area contributed by atoms with Crippen LogP contribution in [0.3, 0.4) is 0 Å². The highest BCUT2D eigenvalue weighted by Gasteiger charge is 2.28. The molecule has 1 heterocycles. The van der Waals surface area contributed by atoms with Gasteiger partial charge in [0, 0.05) is 6.92 Å². The summed E-state index contributed by atoms with van der Waals surface area (Å²) in [6.45, 7) is 1.20. The van der Waals surface area contributed by atoms with E-state index in [0.717, 1.165) is 18.4 Å². The van der Waals surface area contributed by atoms with Gasteiger partial charge in [0.15, 0.2) is 9.84 Å². The van der Waals surface area contributed by atoms with Gasteiger partial charge >= 0.3 is 5.97 Å². The third-order valence-electron chi connectivity index (χ3n) is 2.05. The molecule has 100 valence electrons. The number of sulfone groups is 1. The maximum absolute atomic E-state index is 12.0. The highest BCUT2D eigenvalue weighted by molar-refractivity contribution is 7.93. The van der Waals surface area contributed by atoms with Crippen LogP contribution in [0.4, 0.5) is 0 Å². The molecule has 1 aromatic heterocycles. The number of nitrogens with one attached hydrogen (secondary N) is 1. The van der Waals surface area contributed by atoms with E-state index in [0.29, 0.717) is 0 Å². The molecule has 0 aliphatic heterocycles. The first-order valence-electron chi connectivity index (χ1n) is 4.98. The zero-order chi connectivity index (χ0) is 13.8. The fourth-order valence-corrected chi connectivity index (χ4v) is 3.81. The molecule has 1 atom stereocenters. The molecule has 0 aliphatic rings. The summed E-state index contributed by atoms with van der Waals surface area (Å²) in [5.74, 6) is -1.79. The average Bonchev–Trinajstić information content (AvgIpc) is 2.80. The first-order valence-corrected chi connectivity index (χ1v) is 7.51.